The fourth-order valence-electron chi connectivity index (χ4n) is 1.99. The lowest BCUT2D eigenvalue weighted by atomic mass is 10.2. The molecule has 0 aromatic heterocycles. The summed E-state index contributed by atoms with van der Waals surface area (Å²) >= 11 is 0. The van der Waals surface area contributed by atoms with Gasteiger partial charge in [-0.15, -0.1) is 0 Å². The van der Waals surface area contributed by atoms with Crippen LogP contribution in [0.2, 0.25) is 0 Å². The van der Waals surface area contributed by atoms with E-state index in [9.17, 15) is 0 Å². The third kappa shape index (κ3) is 4.16. The van der Waals surface area contributed by atoms with Gasteiger partial charge in [0.2, 0.25) is 0 Å². The van der Waals surface area contributed by atoms with E-state index >= 15 is 0 Å². The van der Waals surface area contributed by atoms with Gasteiger partial charge in [0, 0.05) is 6.07 Å². The molecule has 0 aliphatic heterocycles. The Morgan fingerprint density at radius 1 is 0.909 bits per heavy atom. The zero-order valence-corrected chi connectivity index (χ0v) is 12.8. The van der Waals surface area contributed by atoms with Crippen molar-refractivity contribution in [1.82, 2.24) is 0 Å². The maximum absolute atomic E-state index is 8.92. The van der Waals surface area contributed by atoms with Crippen molar-refractivity contribution < 1.29 is 14.2 Å². The Morgan fingerprint density at radius 3 is 2.32 bits per heavy atom. The van der Waals surface area contributed by atoms with Gasteiger partial charge in [-0.1, -0.05) is 18.2 Å². The molecule has 0 bridgehead atoms. The number of benzene rings is 2. The van der Waals surface area contributed by atoms with Crippen molar-refractivity contribution in [1.29, 1.82) is 5.26 Å². The van der Waals surface area contributed by atoms with E-state index in [4.69, 9.17) is 19.5 Å². The molecule has 2 aromatic rings. The molecule has 114 valence electrons. The summed E-state index contributed by atoms with van der Waals surface area (Å²) in [5.41, 5.74) is 1.64. The van der Waals surface area contributed by atoms with Crippen LogP contribution >= 0.6 is 0 Å². The molecule has 2 aromatic carbocycles. The predicted octanol–water partition coefficient (Wildman–Crippen LogP) is 3.72. The van der Waals surface area contributed by atoms with Crippen LogP contribution in [0.5, 0.6) is 17.2 Å². The van der Waals surface area contributed by atoms with Crippen molar-refractivity contribution in [2.75, 3.05) is 19.8 Å². The summed E-state index contributed by atoms with van der Waals surface area (Å²) in [6.07, 6.45) is 0. The first-order valence-corrected chi connectivity index (χ1v) is 7.22. The van der Waals surface area contributed by atoms with E-state index < -0.39 is 0 Å². The van der Waals surface area contributed by atoms with Crippen LogP contribution in [0, 0.1) is 18.3 Å². The van der Waals surface area contributed by atoms with Crippen LogP contribution in [0.3, 0.4) is 0 Å². The standard InChI is InChI=1S/C18H19NO3/c1-3-20-18-12-15(13-19)8-9-17(18)22-11-10-21-16-7-5-4-6-14(16)2/h4-9,12H,3,10-11H2,1-2H3. The summed E-state index contributed by atoms with van der Waals surface area (Å²) in [5.74, 6) is 2.06. The summed E-state index contributed by atoms with van der Waals surface area (Å²) in [6, 6.07) is 15.1. The summed E-state index contributed by atoms with van der Waals surface area (Å²) in [7, 11) is 0. The molecule has 0 N–H and O–H groups in total. The molecule has 0 aliphatic rings. The highest BCUT2D eigenvalue weighted by Gasteiger charge is 2.06. The molecule has 4 nitrogen and oxygen atoms in total. The van der Waals surface area contributed by atoms with Crippen molar-refractivity contribution in [3.05, 3.63) is 53.6 Å². The summed E-state index contributed by atoms with van der Waals surface area (Å²) in [4.78, 5) is 0. The van der Waals surface area contributed by atoms with Crippen molar-refractivity contribution in [2.45, 2.75) is 13.8 Å². The Kier molecular flexibility index (Phi) is 5.67. The number of para-hydroxylation sites is 1. The van der Waals surface area contributed by atoms with Gasteiger partial charge in [-0.2, -0.15) is 5.26 Å². The van der Waals surface area contributed by atoms with Gasteiger partial charge in [0.05, 0.1) is 18.2 Å². The second-order valence-corrected chi connectivity index (χ2v) is 4.67. The fraction of sp³-hybridized carbons (Fsp3) is 0.278. The molecule has 0 atom stereocenters. The van der Waals surface area contributed by atoms with Crippen LogP contribution in [0.1, 0.15) is 18.1 Å². The van der Waals surface area contributed by atoms with E-state index in [-0.39, 0.29) is 0 Å². The van der Waals surface area contributed by atoms with Crippen LogP contribution in [0.15, 0.2) is 42.5 Å². The number of aryl methyl sites for hydroxylation is 1. The lowest BCUT2D eigenvalue weighted by molar-refractivity contribution is 0.207. The minimum Gasteiger partial charge on any atom is -0.490 e. The van der Waals surface area contributed by atoms with Gasteiger partial charge in [-0.3, -0.25) is 0 Å². The monoisotopic (exact) mass is 297 g/mol. The average Bonchev–Trinajstić information content (AvgIpc) is 2.54. The molecule has 0 amide bonds. The van der Waals surface area contributed by atoms with E-state index in [1.165, 1.54) is 0 Å². The second kappa shape index (κ2) is 7.94. The SMILES string of the molecule is CCOc1cc(C#N)ccc1OCCOc1ccccc1C. The van der Waals surface area contributed by atoms with Gasteiger partial charge in [0.1, 0.15) is 19.0 Å². The van der Waals surface area contributed by atoms with Gasteiger partial charge in [0.25, 0.3) is 0 Å². The van der Waals surface area contributed by atoms with Gasteiger partial charge < -0.3 is 14.2 Å². The Labute approximate surface area is 130 Å². The maximum atomic E-state index is 8.92. The number of rotatable bonds is 7. The number of hydrogen-bond acceptors (Lipinski definition) is 4. The number of nitrogens with zero attached hydrogens (tertiary/aromatic N) is 1. The Hall–Kier alpha value is -2.67. The first-order chi connectivity index (χ1) is 10.7. The quantitative estimate of drug-likeness (QED) is 0.731. The van der Waals surface area contributed by atoms with Gasteiger partial charge in [-0.25, -0.2) is 0 Å². The number of nitriles is 1. The molecule has 0 radical (unpaired) electrons. The van der Waals surface area contributed by atoms with Gasteiger partial charge in [-0.05, 0) is 37.6 Å². The normalized spacial score (nSPS) is 9.86. The summed E-state index contributed by atoms with van der Waals surface area (Å²) < 4.78 is 16.9. The largest absolute Gasteiger partial charge is 0.490 e. The minimum absolute atomic E-state index is 0.403. The van der Waals surface area contributed by atoms with E-state index in [1.807, 2.05) is 38.1 Å². The molecule has 0 aliphatic carbocycles. The molecule has 0 saturated carbocycles. The molecule has 4 heteroatoms. The molecule has 0 saturated heterocycles. The molecule has 0 unspecified atom stereocenters. The molecule has 0 fully saturated rings. The topological polar surface area (TPSA) is 51.5 Å². The molecule has 0 heterocycles. The van der Waals surface area contributed by atoms with Crippen molar-refractivity contribution in [2.24, 2.45) is 0 Å². The molecular formula is C18H19NO3. The van der Waals surface area contributed by atoms with E-state index in [1.54, 1.807) is 18.2 Å². The Morgan fingerprint density at radius 2 is 1.64 bits per heavy atom. The molecule has 22 heavy (non-hydrogen) atoms. The van der Waals surface area contributed by atoms with Crippen LogP contribution in [-0.4, -0.2) is 19.8 Å². The lowest BCUT2D eigenvalue weighted by Crippen LogP contribution is -2.10. The zero-order chi connectivity index (χ0) is 15.8. The van der Waals surface area contributed by atoms with Crippen LogP contribution in [0.25, 0.3) is 0 Å². The zero-order valence-electron chi connectivity index (χ0n) is 12.8. The van der Waals surface area contributed by atoms with Crippen LogP contribution < -0.4 is 14.2 Å². The maximum Gasteiger partial charge on any atom is 0.162 e. The second-order valence-electron chi connectivity index (χ2n) is 4.67. The highest BCUT2D eigenvalue weighted by Crippen LogP contribution is 2.28. The van der Waals surface area contributed by atoms with Crippen molar-refractivity contribution in [3.63, 3.8) is 0 Å². The summed E-state index contributed by atoms with van der Waals surface area (Å²) in [5, 5.41) is 8.92. The van der Waals surface area contributed by atoms with Gasteiger partial charge >= 0.3 is 0 Å². The highest BCUT2D eigenvalue weighted by molar-refractivity contribution is 5.46. The van der Waals surface area contributed by atoms with E-state index in [0.29, 0.717) is 36.9 Å². The lowest BCUT2D eigenvalue weighted by Gasteiger charge is -2.13. The molecule has 0 spiro atoms. The first-order valence-electron chi connectivity index (χ1n) is 7.22. The number of ether oxygens (including phenoxy) is 3. The first kappa shape index (κ1) is 15.7. The van der Waals surface area contributed by atoms with Crippen LogP contribution in [-0.2, 0) is 0 Å². The number of hydrogen-bond donors (Lipinski definition) is 0. The molecule has 2 rings (SSSR count). The van der Waals surface area contributed by atoms with E-state index in [0.717, 1.165) is 11.3 Å². The third-order valence-electron chi connectivity index (χ3n) is 3.06. The Balaban J connectivity index is 1.91. The van der Waals surface area contributed by atoms with Crippen molar-refractivity contribution in [3.8, 4) is 23.3 Å². The van der Waals surface area contributed by atoms with Gasteiger partial charge in [0.15, 0.2) is 11.5 Å². The van der Waals surface area contributed by atoms with Crippen molar-refractivity contribution >= 4 is 0 Å². The summed E-state index contributed by atoms with van der Waals surface area (Å²) in [6.45, 7) is 5.26. The van der Waals surface area contributed by atoms with Crippen LogP contribution in [0.4, 0.5) is 0 Å². The average molecular weight is 297 g/mol. The molecular weight excluding hydrogens is 278 g/mol. The van der Waals surface area contributed by atoms with E-state index in [2.05, 4.69) is 6.07 Å². The third-order valence-corrected chi connectivity index (χ3v) is 3.06. The highest BCUT2D eigenvalue weighted by atomic mass is 16.5. The predicted molar refractivity (Wildman–Crippen MR) is 84.5 cm³/mol. The fourth-order valence-corrected chi connectivity index (χ4v) is 1.99. The Bertz CT molecular complexity index is 662. The minimum atomic E-state index is 0.403. The smallest absolute Gasteiger partial charge is 0.162 e.